The average molecular weight is 494 g/mol. The molecule has 0 atom stereocenters. The van der Waals surface area contributed by atoms with Crippen LogP contribution in [-0.4, -0.2) is 5.97 Å². The van der Waals surface area contributed by atoms with Crippen molar-refractivity contribution in [2.24, 2.45) is 0 Å². The molecule has 3 heteroatoms. The molecule has 0 spiro atoms. The van der Waals surface area contributed by atoms with Crippen molar-refractivity contribution in [1.29, 1.82) is 0 Å². The lowest BCUT2D eigenvalue weighted by atomic mass is 10.1. The van der Waals surface area contributed by atoms with Gasteiger partial charge < -0.3 is 0 Å². The van der Waals surface area contributed by atoms with Gasteiger partial charge in [0.1, 0.15) is 5.56 Å². The third-order valence-corrected chi connectivity index (χ3v) is 6.44. The van der Waals surface area contributed by atoms with E-state index >= 15 is 0 Å². The monoisotopic (exact) mass is 493 g/mol. The first kappa shape index (κ1) is 28.0. The second-order valence-electron chi connectivity index (χ2n) is 9.41. The van der Waals surface area contributed by atoms with E-state index in [4.69, 9.17) is 4.84 Å². The van der Waals surface area contributed by atoms with E-state index < -0.39 is 5.97 Å². The number of carbonyl (C=O) groups excluding carboxylic acids is 1. The summed E-state index contributed by atoms with van der Waals surface area (Å²) in [6.07, 6.45) is 14.2. The minimum absolute atomic E-state index is 0.420. The standard InChI is InChI=1S/C34H39NO2/c1-2-3-4-5-6-7-8-9-10-11-12-13-14-15-19-29-24-26-31(27-25-29)34(36)37-35-28-32-22-18-21-30-20-16-17-23-33(30)32/h16-18,20-27,35H,2-12,28H2,1H3/q+1. The van der Waals surface area contributed by atoms with E-state index in [1.54, 1.807) is 12.1 Å². The Morgan fingerprint density at radius 2 is 1.43 bits per heavy atom. The van der Waals surface area contributed by atoms with Crippen molar-refractivity contribution in [3.05, 3.63) is 83.4 Å². The summed E-state index contributed by atoms with van der Waals surface area (Å²) in [6.45, 7) is 2.70. The van der Waals surface area contributed by atoms with Crippen molar-refractivity contribution in [3.63, 3.8) is 0 Å². The quantitative estimate of drug-likeness (QED) is 0.106. The van der Waals surface area contributed by atoms with Gasteiger partial charge in [-0.15, -0.1) is 0 Å². The van der Waals surface area contributed by atoms with Gasteiger partial charge in [0, 0.05) is 12.0 Å². The van der Waals surface area contributed by atoms with Crippen LogP contribution in [0.4, 0.5) is 0 Å². The van der Waals surface area contributed by atoms with Crippen LogP contribution in [0.3, 0.4) is 0 Å². The number of carbonyl (C=O) groups is 1. The first-order chi connectivity index (χ1) is 18.3. The molecule has 1 N–H and O–H groups in total. The first-order valence-corrected chi connectivity index (χ1v) is 13.8. The van der Waals surface area contributed by atoms with Crippen LogP contribution < -0.4 is 5.48 Å². The lowest BCUT2D eigenvalue weighted by Gasteiger charge is -2.04. The number of hydrogen-bond acceptors (Lipinski definition) is 3. The minimum Gasteiger partial charge on any atom is -0.195 e. The molecule has 0 saturated heterocycles. The van der Waals surface area contributed by atoms with E-state index in [-0.39, 0.29) is 0 Å². The summed E-state index contributed by atoms with van der Waals surface area (Å²) >= 11 is 0. The number of unbranched alkanes of at least 4 members (excludes halogenated alkanes) is 10. The molecule has 0 bridgehead atoms. The zero-order valence-corrected chi connectivity index (χ0v) is 22.2. The van der Waals surface area contributed by atoms with Gasteiger partial charge in [-0.25, -0.2) is 0 Å². The molecule has 191 valence electrons. The number of benzene rings is 3. The highest BCUT2D eigenvalue weighted by Gasteiger charge is 2.21. The molecule has 0 aromatic heterocycles. The Bertz CT molecular complexity index is 1220. The van der Waals surface area contributed by atoms with Crippen molar-refractivity contribution in [2.45, 2.75) is 84.1 Å². The fraction of sp³-hybridized carbons (Fsp3) is 0.382. The first-order valence-electron chi connectivity index (χ1n) is 13.8. The van der Waals surface area contributed by atoms with Crippen molar-refractivity contribution < 1.29 is 9.63 Å². The molecular weight excluding hydrogens is 454 g/mol. The Hall–Kier alpha value is -3.53. The van der Waals surface area contributed by atoms with E-state index in [0.717, 1.165) is 34.7 Å². The molecule has 1 radical (unpaired) electrons. The van der Waals surface area contributed by atoms with Crippen molar-refractivity contribution in [3.8, 4) is 23.7 Å². The fourth-order valence-corrected chi connectivity index (χ4v) is 4.29. The van der Waals surface area contributed by atoms with Crippen LogP contribution in [0.25, 0.3) is 10.8 Å². The molecule has 0 saturated carbocycles. The van der Waals surface area contributed by atoms with Crippen LogP contribution in [0, 0.1) is 23.7 Å². The Balaban J connectivity index is 1.31. The molecule has 3 rings (SSSR count). The summed E-state index contributed by atoms with van der Waals surface area (Å²) in [7, 11) is 0. The van der Waals surface area contributed by atoms with Gasteiger partial charge in [-0.1, -0.05) is 119 Å². The van der Waals surface area contributed by atoms with Gasteiger partial charge in [-0.3, -0.25) is 0 Å². The normalized spacial score (nSPS) is 10.3. The average Bonchev–Trinajstić information content (AvgIpc) is 2.93. The van der Waals surface area contributed by atoms with E-state index in [2.05, 4.69) is 54.3 Å². The smallest absolute Gasteiger partial charge is 0.195 e. The van der Waals surface area contributed by atoms with Gasteiger partial charge in [0.25, 0.3) is 0 Å². The number of hydrogen-bond donors (Lipinski definition) is 1. The Morgan fingerprint density at radius 1 is 0.757 bits per heavy atom. The SMILES string of the molecule is CCCCCCCCCCCCC#CC#Cc1ccc(C(=[O+])ONCc2cccc3ccccc23)cc1. The highest BCUT2D eigenvalue weighted by Crippen LogP contribution is 2.18. The molecule has 0 aliphatic carbocycles. The highest BCUT2D eigenvalue weighted by molar-refractivity contribution is 5.89. The fourth-order valence-electron chi connectivity index (χ4n) is 4.29. The maximum Gasteiger partial charge on any atom is 0.630 e. The second kappa shape index (κ2) is 17.0. The van der Waals surface area contributed by atoms with Crippen LogP contribution in [0.1, 0.15) is 99.0 Å². The molecule has 37 heavy (non-hydrogen) atoms. The van der Waals surface area contributed by atoms with Crippen LogP contribution >= 0.6 is 0 Å². The number of fused-ring (bicyclic) bond motifs is 1. The van der Waals surface area contributed by atoms with Crippen LogP contribution in [-0.2, 0) is 11.4 Å². The number of hydroxylamine groups is 1. The topological polar surface area (TPSA) is 41.2 Å². The maximum absolute atomic E-state index is 12.4. The Morgan fingerprint density at radius 3 is 2.19 bits per heavy atom. The van der Waals surface area contributed by atoms with E-state index in [0.29, 0.717) is 12.1 Å². The van der Waals surface area contributed by atoms with Crippen molar-refractivity contribution in [2.75, 3.05) is 0 Å². The summed E-state index contributed by atoms with van der Waals surface area (Å²) in [5.41, 5.74) is 5.17. The molecule has 0 heterocycles. The lowest BCUT2D eigenvalue weighted by Crippen LogP contribution is -2.19. The molecule has 0 amide bonds. The molecule has 3 nitrogen and oxygen atoms in total. The third-order valence-electron chi connectivity index (χ3n) is 6.44. The minimum atomic E-state index is -0.420. The predicted molar refractivity (Wildman–Crippen MR) is 154 cm³/mol. The lowest BCUT2D eigenvalue weighted by molar-refractivity contribution is 0.0238. The van der Waals surface area contributed by atoms with E-state index in [1.165, 1.54) is 57.8 Å². The summed E-state index contributed by atoms with van der Waals surface area (Å²) in [4.78, 5) is 17.6. The molecule has 3 aromatic carbocycles. The summed E-state index contributed by atoms with van der Waals surface area (Å²) in [6, 6.07) is 21.3. The van der Waals surface area contributed by atoms with Gasteiger partial charge in [0.05, 0.1) is 11.3 Å². The number of nitrogens with one attached hydrogen (secondary N) is 1. The Labute approximate surface area is 223 Å². The summed E-state index contributed by atoms with van der Waals surface area (Å²) in [5.74, 6) is 11.6. The van der Waals surface area contributed by atoms with Crippen LogP contribution in [0.2, 0.25) is 0 Å². The highest BCUT2D eigenvalue weighted by atomic mass is 16.7. The van der Waals surface area contributed by atoms with Crippen molar-refractivity contribution in [1.82, 2.24) is 5.48 Å². The maximum atomic E-state index is 12.4. The summed E-state index contributed by atoms with van der Waals surface area (Å²) in [5, 5.41) is 2.30. The molecule has 0 unspecified atom stereocenters. The summed E-state index contributed by atoms with van der Waals surface area (Å²) < 4.78 is 0. The third kappa shape index (κ3) is 10.5. The van der Waals surface area contributed by atoms with E-state index in [1.807, 2.05) is 36.4 Å². The predicted octanol–water partition coefficient (Wildman–Crippen LogP) is 8.37. The van der Waals surface area contributed by atoms with E-state index in [9.17, 15) is 4.79 Å². The molecule has 0 aliphatic heterocycles. The second-order valence-corrected chi connectivity index (χ2v) is 9.41. The van der Waals surface area contributed by atoms with Crippen molar-refractivity contribution >= 4 is 16.7 Å². The number of rotatable bonds is 14. The van der Waals surface area contributed by atoms with Gasteiger partial charge >= 0.3 is 5.97 Å². The molecule has 0 fully saturated rings. The zero-order chi connectivity index (χ0) is 26.0. The largest absolute Gasteiger partial charge is 0.630 e. The molecule has 0 aliphatic rings. The zero-order valence-electron chi connectivity index (χ0n) is 22.2. The molecular formula is C34H39NO2+. The molecule has 3 aromatic rings. The van der Waals surface area contributed by atoms with Crippen LogP contribution in [0.15, 0.2) is 66.7 Å². The van der Waals surface area contributed by atoms with Crippen LogP contribution in [0.5, 0.6) is 0 Å². The van der Waals surface area contributed by atoms with Gasteiger partial charge in [0.2, 0.25) is 0 Å². The Kier molecular flexibility index (Phi) is 12.9. The van der Waals surface area contributed by atoms with Gasteiger partial charge in [0.15, 0.2) is 0 Å². The van der Waals surface area contributed by atoms with Gasteiger partial charge in [-0.2, -0.15) is 4.84 Å². The van der Waals surface area contributed by atoms with Gasteiger partial charge in [-0.05, 0) is 64.3 Å².